The smallest absolute Gasteiger partial charge is 0.151 e. The summed E-state index contributed by atoms with van der Waals surface area (Å²) in [5.74, 6) is 0.693. The molecule has 0 aromatic rings. The number of nitrogens with zero attached hydrogens (tertiary/aromatic N) is 1. The fourth-order valence-corrected chi connectivity index (χ4v) is 4.60. The molecule has 2 heterocycles. The van der Waals surface area contributed by atoms with Crippen molar-refractivity contribution in [2.45, 2.75) is 44.7 Å². The second kappa shape index (κ2) is 5.67. The van der Waals surface area contributed by atoms with E-state index in [0.717, 1.165) is 13.0 Å². The van der Waals surface area contributed by atoms with Crippen molar-refractivity contribution in [3.8, 4) is 0 Å². The van der Waals surface area contributed by atoms with Crippen molar-refractivity contribution in [3.63, 3.8) is 0 Å². The molecular formula is C12H24N2O2S. The zero-order valence-electron chi connectivity index (χ0n) is 10.7. The van der Waals surface area contributed by atoms with Gasteiger partial charge < -0.3 is 10.2 Å². The summed E-state index contributed by atoms with van der Waals surface area (Å²) in [7, 11) is -2.75. The second-order valence-corrected chi connectivity index (χ2v) is 7.76. The molecule has 0 aliphatic carbocycles. The summed E-state index contributed by atoms with van der Waals surface area (Å²) in [5, 5.41) is 3.46. The molecule has 0 aromatic heterocycles. The van der Waals surface area contributed by atoms with E-state index >= 15 is 0 Å². The third kappa shape index (κ3) is 4.23. The first kappa shape index (κ1) is 13.3. The Hall–Kier alpha value is -0.130. The Kier molecular flexibility index (Phi) is 4.44. The molecule has 4 nitrogen and oxygen atoms in total. The summed E-state index contributed by atoms with van der Waals surface area (Å²) < 4.78 is 22.7. The van der Waals surface area contributed by atoms with Gasteiger partial charge in [0.1, 0.15) is 0 Å². The van der Waals surface area contributed by atoms with E-state index in [1.807, 2.05) is 0 Å². The lowest BCUT2D eigenvalue weighted by atomic mass is 10.1. The molecule has 0 radical (unpaired) electrons. The lowest BCUT2D eigenvalue weighted by molar-refractivity contribution is 0.205. The van der Waals surface area contributed by atoms with Crippen molar-refractivity contribution < 1.29 is 8.42 Å². The summed E-state index contributed by atoms with van der Waals surface area (Å²) in [6, 6.07) is 0.575. The van der Waals surface area contributed by atoms with Gasteiger partial charge in [-0.25, -0.2) is 8.42 Å². The highest BCUT2D eigenvalue weighted by Crippen LogP contribution is 2.13. The van der Waals surface area contributed by atoms with Crippen LogP contribution in [0.25, 0.3) is 0 Å². The largest absolute Gasteiger partial charge is 0.309 e. The van der Waals surface area contributed by atoms with Crippen molar-refractivity contribution >= 4 is 9.84 Å². The first-order valence-corrected chi connectivity index (χ1v) is 8.56. The maximum atomic E-state index is 11.4. The zero-order chi connectivity index (χ0) is 12.3. The van der Waals surface area contributed by atoms with Gasteiger partial charge in [0, 0.05) is 18.6 Å². The molecule has 100 valence electrons. The number of hydrogen-bond acceptors (Lipinski definition) is 4. The molecule has 0 amide bonds. The van der Waals surface area contributed by atoms with Gasteiger partial charge in [0.15, 0.2) is 9.84 Å². The monoisotopic (exact) mass is 260 g/mol. The maximum Gasteiger partial charge on any atom is 0.151 e. The molecule has 17 heavy (non-hydrogen) atoms. The predicted octanol–water partition coefficient (Wildman–Crippen LogP) is 0.638. The minimum absolute atomic E-state index is 0.180. The van der Waals surface area contributed by atoms with E-state index in [1.54, 1.807) is 0 Å². The zero-order valence-corrected chi connectivity index (χ0v) is 11.5. The minimum atomic E-state index is -2.75. The lowest BCUT2D eigenvalue weighted by Gasteiger charge is -2.30. The van der Waals surface area contributed by atoms with E-state index in [-0.39, 0.29) is 6.04 Å². The van der Waals surface area contributed by atoms with Crippen LogP contribution in [0.5, 0.6) is 0 Å². The molecule has 2 unspecified atom stereocenters. The van der Waals surface area contributed by atoms with E-state index in [1.165, 1.54) is 32.4 Å². The first-order chi connectivity index (χ1) is 8.05. The van der Waals surface area contributed by atoms with Crippen LogP contribution in [0, 0.1) is 0 Å². The van der Waals surface area contributed by atoms with E-state index in [2.05, 4.69) is 17.1 Å². The van der Waals surface area contributed by atoms with Crippen LogP contribution in [-0.4, -0.2) is 56.5 Å². The highest BCUT2D eigenvalue weighted by atomic mass is 32.2. The summed E-state index contributed by atoms with van der Waals surface area (Å²) in [5.41, 5.74) is 0. The van der Waals surface area contributed by atoms with Gasteiger partial charge >= 0.3 is 0 Å². The van der Waals surface area contributed by atoms with Crippen LogP contribution in [0.2, 0.25) is 0 Å². The molecule has 0 bridgehead atoms. The van der Waals surface area contributed by atoms with Crippen LogP contribution < -0.4 is 5.32 Å². The molecule has 0 saturated carbocycles. The summed E-state index contributed by atoms with van der Waals surface area (Å²) in [6.45, 7) is 5.63. The number of likely N-dealkylation sites (tertiary alicyclic amines) is 1. The predicted molar refractivity (Wildman–Crippen MR) is 69.9 cm³/mol. The normalized spacial score (nSPS) is 31.5. The SMILES string of the molecule is CC(CN1CCCCC1)NC1CCS(=O)(=O)C1. The van der Waals surface area contributed by atoms with E-state index < -0.39 is 9.84 Å². The molecule has 2 fully saturated rings. The maximum absolute atomic E-state index is 11.4. The Morgan fingerprint density at radius 3 is 2.59 bits per heavy atom. The van der Waals surface area contributed by atoms with Crippen LogP contribution in [0.15, 0.2) is 0 Å². The van der Waals surface area contributed by atoms with Gasteiger partial charge in [0.05, 0.1) is 11.5 Å². The van der Waals surface area contributed by atoms with Gasteiger partial charge in [-0.15, -0.1) is 0 Å². The Balaban J connectivity index is 1.72. The number of rotatable bonds is 4. The molecule has 2 aliphatic rings. The van der Waals surface area contributed by atoms with Gasteiger partial charge in [-0.1, -0.05) is 6.42 Å². The Bertz CT molecular complexity index is 336. The van der Waals surface area contributed by atoms with E-state index in [0.29, 0.717) is 17.5 Å². The summed E-state index contributed by atoms with van der Waals surface area (Å²) in [6.07, 6.45) is 4.76. The Morgan fingerprint density at radius 1 is 1.29 bits per heavy atom. The third-order valence-corrected chi connectivity index (χ3v) is 5.50. The van der Waals surface area contributed by atoms with Crippen LogP contribution in [0.1, 0.15) is 32.6 Å². The van der Waals surface area contributed by atoms with Crippen LogP contribution in [0.4, 0.5) is 0 Å². The van der Waals surface area contributed by atoms with Crippen molar-refractivity contribution in [3.05, 3.63) is 0 Å². The van der Waals surface area contributed by atoms with Crippen LogP contribution >= 0.6 is 0 Å². The van der Waals surface area contributed by atoms with Crippen molar-refractivity contribution in [2.24, 2.45) is 0 Å². The second-order valence-electron chi connectivity index (χ2n) is 5.53. The van der Waals surface area contributed by atoms with Gasteiger partial charge in [0.25, 0.3) is 0 Å². The van der Waals surface area contributed by atoms with Crippen LogP contribution in [0.3, 0.4) is 0 Å². The molecular weight excluding hydrogens is 236 g/mol. The number of hydrogen-bond donors (Lipinski definition) is 1. The average Bonchev–Trinajstić information content (AvgIpc) is 2.59. The molecule has 1 N–H and O–H groups in total. The molecule has 5 heteroatoms. The lowest BCUT2D eigenvalue weighted by Crippen LogP contribution is -2.45. The van der Waals surface area contributed by atoms with Crippen molar-refractivity contribution in [1.29, 1.82) is 0 Å². The van der Waals surface area contributed by atoms with Crippen molar-refractivity contribution in [1.82, 2.24) is 10.2 Å². The van der Waals surface area contributed by atoms with Gasteiger partial charge in [0.2, 0.25) is 0 Å². The highest BCUT2D eigenvalue weighted by Gasteiger charge is 2.28. The Morgan fingerprint density at radius 2 is 2.00 bits per heavy atom. The average molecular weight is 260 g/mol. The molecule has 2 saturated heterocycles. The molecule has 2 atom stereocenters. The fraction of sp³-hybridized carbons (Fsp3) is 1.00. The molecule has 0 aromatic carbocycles. The molecule has 2 aliphatic heterocycles. The first-order valence-electron chi connectivity index (χ1n) is 6.74. The van der Waals surface area contributed by atoms with Gasteiger partial charge in [-0.05, 0) is 39.3 Å². The topological polar surface area (TPSA) is 49.4 Å². The highest BCUT2D eigenvalue weighted by molar-refractivity contribution is 7.91. The number of sulfone groups is 1. The van der Waals surface area contributed by atoms with Gasteiger partial charge in [-0.3, -0.25) is 0 Å². The van der Waals surface area contributed by atoms with Crippen LogP contribution in [-0.2, 0) is 9.84 Å². The quantitative estimate of drug-likeness (QED) is 0.806. The van der Waals surface area contributed by atoms with E-state index in [9.17, 15) is 8.42 Å². The summed E-state index contributed by atoms with van der Waals surface area (Å²) in [4.78, 5) is 2.49. The standard InChI is InChI=1S/C12H24N2O2S/c1-11(9-14-6-3-2-4-7-14)13-12-5-8-17(15,16)10-12/h11-13H,2-10H2,1H3. The molecule has 2 rings (SSSR count). The van der Waals surface area contributed by atoms with Gasteiger partial charge in [-0.2, -0.15) is 0 Å². The fourth-order valence-electron chi connectivity index (χ4n) is 2.91. The molecule has 0 spiro atoms. The number of piperidine rings is 1. The summed E-state index contributed by atoms with van der Waals surface area (Å²) >= 11 is 0. The third-order valence-electron chi connectivity index (χ3n) is 3.73. The minimum Gasteiger partial charge on any atom is -0.309 e. The number of nitrogens with one attached hydrogen (secondary N) is 1. The Labute approximate surface area is 105 Å². The van der Waals surface area contributed by atoms with Crippen molar-refractivity contribution in [2.75, 3.05) is 31.1 Å². The van der Waals surface area contributed by atoms with E-state index in [4.69, 9.17) is 0 Å².